The molecule has 0 spiro atoms. The van der Waals surface area contributed by atoms with E-state index in [4.69, 9.17) is 25.6 Å². The normalized spacial score (nSPS) is 10.5. The Morgan fingerprint density at radius 1 is 0.903 bits per heavy atom. The maximum Gasteiger partial charge on any atom is 0.257 e. The zero-order chi connectivity index (χ0) is 21.8. The Morgan fingerprint density at radius 3 is 2.29 bits per heavy atom. The minimum atomic E-state index is -0.334. The Bertz CT molecular complexity index is 1220. The predicted molar refractivity (Wildman–Crippen MR) is 120 cm³/mol. The highest BCUT2D eigenvalue weighted by Crippen LogP contribution is 2.39. The van der Waals surface area contributed by atoms with Crippen molar-refractivity contribution in [3.05, 3.63) is 83.4 Å². The van der Waals surface area contributed by atoms with E-state index in [-0.39, 0.29) is 5.91 Å². The molecule has 0 aliphatic heterocycles. The molecule has 0 saturated carbocycles. The van der Waals surface area contributed by atoms with Crippen molar-refractivity contribution in [2.75, 3.05) is 19.5 Å². The third-order valence-electron chi connectivity index (χ3n) is 4.72. The summed E-state index contributed by atoms with van der Waals surface area (Å²) >= 11 is 6.06. The number of nitrogens with one attached hydrogen (secondary N) is 1. The van der Waals surface area contributed by atoms with Gasteiger partial charge in [0.1, 0.15) is 11.5 Å². The van der Waals surface area contributed by atoms with Gasteiger partial charge in [-0.3, -0.25) is 4.79 Å². The van der Waals surface area contributed by atoms with Crippen molar-refractivity contribution in [1.29, 1.82) is 0 Å². The lowest BCUT2D eigenvalue weighted by Gasteiger charge is -2.08. The quantitative estimate of drug-likeness (QED) is 0.407. The lowest BCUT2D eigenvalue weighted by Crippen LogP contribution is -2.12. The lowest BCUT2D eigenvalue weighted by atomic mass is 10.0. The Morgan fingerprint density at radius 2 is 1.58 bits per heavy atom. The van der Waals surface area contributed by atoms with Crippen molar-refractivity contribution in [2.45, 2.75) is 0 Å². The molecule has 0 fully saturated rings. The minimum Gasteiger partial charge on any atom is -0.497 e. The number of aromatic nitrogens is 1. The first kappa shape index (κ1) is 20.5. The zero-order valence-corrected chi connectivity index (χ0v) is 17.6. The van der Waals surface area contributed by atoms with E-state index >= 15 is 0 Å². The smallest absolute Gasteiger partial charge is 0.257 e. The molecule has 3 aromatic carbocycles. The van der Waals surface area contributed by atoms with Gasteiger partial charge in [0.2, 0.25) is 0 Å². The molecule has 31 heavy (non-hydrogen) atoms. The van der Waals surface area contributed by atoms with E-state index in [1.54, 1.807) is 50.6 Å². The fourth-order valence-corrected chi connectivity index (χ4v) is 3.29. The van der Waals surface area contributed by atoms with Crippen molar-refractivity contribution in [3.63, 3.8) is 0 Å². The van der Waals surface area contributed by atoms with Crippen molar-refractivity contribution in [1.82, 2.24) is 5.16 Å². The summed E-state index contributed by atoms with van der Waals surface area (Å²) in [6.45, 7) is 0. The van der Waals surface area contributed by atoms with Crippen LogP contribution in [0, 0.1) is 0 Å². The summed E-state index contributed by atoms with van der Waals surface area (Å²) < 4.78 is 16.2. The molecule has 0 bridgehead atoms. The standard InChI is InChI=1S/C24H19ClN2O4/c1-29-19-7-3-5-16(13-19)22-21(15-9-11-18(25)12-10-15)23(27-31-22)26-24(28)17-6-4-8-20(14-17)30-2/h3-14H,1-2H3,(H,26,27,28). The Kier molecular flexibility index (Phi) is 5.91. The number of rotatable bonds is 6. The van der Waals surface area contributed by atoms with Gasteiger partial charge in [0, 0.05) is 16.1 Å². The van der Waals surface area contributed by atoms with Crippen molar-refractivity contribution >= 4 is 23.3 Å². The van der Waals surface area contributed by atoms with Crippen LogP contribution in [0.2, 0.25) is 5.02 Å². The summed E-state index contributed by atoms with van der Waals surface area (Å²) in [5.74, 6) is 1.73. The van der Waals surface area contributed by atoms with Crippen molar-refractivity contribution in [2.24, 2.45) is 0 Å². The number of ether oxygens (including phenoxy) is 2. The van der Waals surface area contributed by atoms with Gasteiger partial charge in [-0.15, -0.1) is 0 Å². The fourth-order valence-electron chi connectivity index (χ4n) is 3.17. The van der Waals surface area contributed by atoms with Crippen LogP contribution >= 0.6 is 11.6 Å². The number of nitrogens with zero attached hydrogens (tertiary/aromatic N) is 1. The first-order valence-electron chi connectivity index (χ1n) is 9.44. The number of hydrogen-bond donors (Lipinski definition) is 1. The van der Waals surface area contributed by atoms with Crippen LogP contribution in [0.1, 0.15) is 10.4 Å². The van der Waals surface area contributed by atoms with E-state index in [9.17, 15) is 4.79 Å². The Balaban J connectivity index is 1.78. The van der Waals surface area contributed by atoms with Gasteiger partial charge >= 0.3 is 0 Å². The second kappa shape index (κ2) is 8.93. The maximum absolute atomic E-state index is 12.9. The highest BCUT2D eigenvalue weighted by atomic mass is 35.5. The number of anilines is 1. The van der Waals surface area contributed by atoms with Gasteiger partial charge in [0.25, 0.3) is 5.91 Å². The summed E-state index contributed by atoms with van der Waals surface area (Å²) in [5.41, 5.74) is 2.64. The fraction of sp³-hybridized carbons (Fsp3) is 0.0833. The number of methoxy groups -OCH3 is 2. The van der Waals surface area contributed by atoms with Crippen LogP contribution in [0.5, 0.6) is 11.5 Å². The zero-order valence-electron chi connectivity index (χ0n) is 16.9. The van der Waals surface area contributed by atoms with Gasteiger partial charge in [-0.25, -0.2) is 0 Å². The second-order valence-electron chi connectivity index (χ2n) is 6.66. The highest BCUT2D eigenvalue weighted by molar-refractivity contribution is 6.30. The molecule has 1 heterocycles. The van der Waals surface area contributed by atoms with E-state index in [2.05, 4.69) is 10.5 Å². The number of carbonyl (C=O) groups is 1. The van der Waals surface area contributed by atoms with Crippen LogP contribution in [0.3, 0.4) is 0 Å². The largest absolute Gasteiger partial charge is 0.497 e. The molecule has 0 aliphatic rings. The average Bonchev–Trinajstić information content (AvgIpc) is 3.23. The SMILES string of the molecule is COc1cccc(C(=O)Nc2noc(-c3cccc(OC)c3)c2-c2ccc(Cl)cc2)c1. The van der Waals surface area contributed by atoms with Gasteiger partial charge < -0.3 is 19.3 Å². The first-order chi connectivity index (χ1) is 15.1. The van der Waals surface area contributed by atoms with E-state index in [1.165, 1.54) is 0 Å². The molecule has 0 unspecified atom stereocenters. The van der Waals surface area contributed by atoms with E-state index in [1.807, 2.05) is 36.4 Å². The van der Waals surface area contributed by atoms with E-state index in [0.717, 1.165) is 11.1 Å². The summed E-state index contributed by atoms with van der Waals surface area (Å²) in [6.07, 6.45) is 0. The molecule has 0 atom stereocenters. The summed E-state index contributed by atoms with van der Waals surface area (Å²) in [4.78, 5) is 12.9. The van der Waals surface area contributed by atoms with Crippen molar-refractivity contribution in [3.8, 4) is 33.9 Å². The van der Waals surface area contributed by atoms with Gasteiger partial charge in [-0.05, 0) is 48.0 Å². The predicted octanol–water partition coefficient (Wildman–Crippen LogP) is 5.93. The summed E-state index contributed by atoms with van der Waals surface area (Å²) in [6, 6.07) is 21.5. The number of halogens is 1. The molecule has 0 radical (unpaired) electrons. The van der Waals surface area contributed by atoms with Gasteiger partial charge in [-0.1, -0.05) is 47.1 Å². The molecule has 1 aromatic heterocycles. The summed E-state index contributed by atoms with van der Waals surface area (Å²) in [5, 5.41) is 7.59. The van der Waals surface area contributed by atoms with Gasteiger partial charge in [-0.2, -0.15) is 0 Å². The number of benzene rings is 3. The third-order valence-corrected chi connectivity index (χ3v) is 4.97. The van der Waals surface area contributed by atoms with Crippen LogP contribution in [0.25, 0.3) is 22.5 Å². The van der Waals surface area contributed by atoms with Crippen LogP contribution in [0.15, 0.2) is 77.3 Å². The van der Waals surface area contributed by atoms with Crippen LogP contribution < -0.4 is 14.8 Å². The molecule has 0 saturated heterocycles. The average molecular weight is 435 g/mol. The topological polar surface area (TPSA) is 73.6 Å². The maximum atomic E-state index is 12.9. The number of amides is 1. The molecule has 1 amide bonds. The number of hydrogen-bond acceptors (Lipinski definition) is 5. The molecular formula is C24H19ClN2O4. The lowest BCUT2D eigenvalue weighted by molar-refractivity contribution is 0.102. The molecule has 0 aliphatic carbocycles. The van der Waals surface area contributed by atoms with E-state index < -0.39 is 0 Å². The van der Waals surface area contributed by atoms with E-state index in [0.29, 0.717) is 39.2 Å². The molecule has 156 valence electrons. The van der Waals surface area contributed by atoms with Gasteiger partial charge in [0.05, 0.1) is 19.8 Å². The third kappa shape index (κ3) is 4.39. The number of carbonyl (C=O) groups excluding carboxylic acids is 1. The molecule has 6 nitrogen and oxygen atoms in total. The van der Waals surface area contributed by atoms with Crippen LogP contribution in [-0.4, -0.2) is 25.3 Å². The molecule has 7 heteroatoms. The second-order valence-corrected chi connectivity index (χ2v) is 7.10. The Labute approximate surface area is 184 Å². The highest BCUT2D eigenvalue weighted by Gasteiger charge is 2.22. The van der Waals surface area contributed by atoms with Crippen LogP contribution in [0.4, 0.5) is 5.82 Å². The van der Waals surface area contributed by atoms with Gasteiger partial charge in [0.15, 0.2) is 11.6 Å². The molecule has 4 rings (SSSR count). The van der Waals surface area contributed by atoms with Crippen LogP contribution in [-0.2, 0) is 0 Å². The summed E-state index contributed by atoms with van der Waals surface area (Å²) in [7, 11) is 3.15. The molecule has 4 aromatic rings. The minimum absolute atomic E-state index is 0.299. The molecule has 1 N–H and O–H groups in total. The first-order valence-corrected chi connectivity index (χ1v) is 9.82. The molecular weight excluding hydrogens is 416 g/mol. The Hall–Kier alpha value is -3.77. The van der Waals surface area contributed by atoms with Crippen molar-refractivity contribution < 1.29 is 18.8 Å². The monoisotopic (exact) mass is 434 g/mol.